The van der Waals surface area contributed by atoms with Crippen LogP contribution < -0.4 is 5.32 Å². The van der Waals surface area contributed by atoms with Crippen LogP contribution in [0.1, 0.15) is 30.8 Å². The van der Waals surface area contributed by atoms with Crippen LogP contribution in [0.3, 0.4) is 0 Å². The normalized spacial score (nSPS) is 23.8. The summed E-state index contributed by atoms with van der Waals surface area (Å²) in [7, 11) is 1.76. The number of anilines is 1. The van der Waals surface area contributed by atoms with Crippen LogP contribution >= 0.6 is 0 Å². The molecule has 1 N–H and O–H groups in total. The largest absolute Gasteiger partial charge is 0.372 e. The molecule has 1 fully saturated rings. The number of hydrogen-bond donors (Lipinski definition) is 1. The van der Waals surface area contributed by atoms with Gasteiger partial charge in [0, 0.05) is 19.6 Å². The fourth-order valence-electron chi connectivity index (χ4n) is 2.32. The maximum atomic E-state index is 12.3. The lowest BCUT2D eigenvalue weighted by atomic mass is 10.1. The van der Waals surface area contributed by atoms with Gasteiger partial charge in [-0.3, -0.25) is 9.78 Å². The molecule has 2 unspecified atom stereocenters. The smallest absolute Gasteiger partial charge is 0.274 e. The third-order valence-electron chi connectivity index (χ3n) is 3.15. The number of nitrogens with zero attached hydrogens (tertiary/aromatic N) is 3. The minimum Gasteiger partial charge on any atom is -0.372 e. The van der Waals surface area contributed by atoms with Gasteiger partial charge >= 0.3 is 0 Å². The molecule has 92 valence electrons. The molecule has 5 nitrogen and oxygen atoms in total. The van der Waals surface area contributed by atoms with E-state index in [0.29, 0.717) is 17.4 Å². The van der Waals surface area contributed by atoms with E-state index >= 15 is 0 Å². The minimum absolute atomic E-state index is 0.0218. The molecule has 0 spiro atoms. The standard InChI is InChI=1S/C12H18N4O/c1-8-4-9(2)16(7-8)12(17)10-5-14-6-11(13-3)15-10/h5-6,8-9H,4,7H2,1-3H3,(H,13,15). The summed E-state index contributed by atoms with van der Waals surface area (Å²) in [5, 5.41) is 2.89. The van der Waals surface area contributed by atoms with Gasteiger partial charge in [-0.1, -0.05) is 6.92 Å². The predicted molar refractivity (Wildman–Crippen MR) is 65.9 cm³/mol. The van der Waals surface area contributed by atoms with E-state index in [4.69, 9.17) is 0 Å². The van der Waals surface area contributed by atoms with Crippen molar-refractivity contribution in [2.45, 2.75) is 26.3 Å². The van der Waals surface area contributed by atoms with Gasteiger partial charge in [0.15, 0.2) is 0 Å². The Morgan fingerprint density at radius 1 is 1.47 bits per heavy atom. The van der Waals surface area contributed by atoms with E-state index in [1.54, 1.807) is 13.2 Å². The van der Waals surface area contributed by atoms with Crippen molar-refractivity contribution in [2.24, 2.45) is 5.92 Å². The molecule has 0 bridgehead atoms. The summed E-state index contributed by atoms with van der Waals surface area (Å²) in [5.74, 6) is 1.16. The lowest BCUT2D eigenvalue weighted by molar-refractivity contribution is 0.0737. The zero-order chi connectivity index (χ0) is 12.4. The first kappa shape index (κ1) is 11.8. The zero-order valence-electron chi connectivity index (χ0n) is 10.5. The topological polar surface area (TPSA) is 58.1 Å². The third-order valence-corrected chi connectivity index (χ3v) is 3.15. The van der Waals surface area contributed by atoms with Crippen molar-refractivity contribution in [3.63, 3.8) is 0 Å². The summed E-state index contributed by atoms with van der Waals surface area (Å²) < 4.78 is 0. The zero-order valence-corrected chi connectivity index (χ0v) is 10.5. The highest BCUT2D eigenvalue weighted by Crippen LogP contribution is 2.23. The van der Waals surface area contributed by atoms with Crippen LogP contribution in [-0.4, -0.2) is 40.4 Å². The Kier molecular flexibility index (Phi) is 3.26. The fourth-order valence-corrected chi connectivity index (χ4v) is 2.32. The van der Waals surface area contributed by atoms with Crippen molar-refractivity contribution in [3.05, 3.63) is 18.1 Å². The van der Waals surface area contributed by atoms with Crippen LogP contribution in [0.15, 0.2) is 12.4 Å². The lowest BCUT2D eigenvalue weighted by Crippen LogP contribution is -2.34. The Hall–Kier alpha value is -1.65. The summed E-state index contributed by atoms with van der Waals surface area (Å²) in [6.45, 7) is 5.06. The molecule has 0 aromatic carbocycles. The number of carbonyl (C=O) groups excluding carboxylic acids is 1. The number of amides is 1. The second-order valence-corrected chi connectivity index (χ2v) is 4.69. The summed E-state index contributed by atoms with van der Waals surface area (Å²) >= 11 is 0. The van der Waals surface area contributed by atoms with Crippen LogP contribution in [0.2, 0.25) is 0 Å². The van der Waals surface area contributed by atoms with Gasteiger partial charge in [0.05, 0.1) is 12.4 Å². The molecular weight excluding hydrogens is 216 g/mol. The number of likely N-dealkylation sites (tertiary alicyclic amines) is 1. The molecule has 1 aromatic heterocycles. The molecule has 17 heavy (non-hydrogen) atoms. The van der Waals surface area contributed by atoms with E-state index in [-0.39, 0.29) is 11.9 Å². The van der Waals surface area contributed by atoms with E-state index in [1.165, 1.54) is 6.20 Å². The summed E-state index contributed by atoms with van der Waals surface area (Å²) in [4.78, 5) is 22.4. The van der Waals surface area contributed by atoms with Crippen LogP contribution in [0, 0.1) is 5.92 Å². The van der Waals surface area contributed by atoms with Gasteiger partial charge in [0.25, 0.3) is 5.91 Å². The Labute approximate surface area is 101 Å². The van der Waals surface area contributed by atoms with E-state index in [2.05, 4.69) is 29.1 Å². The molecule has 2 rings (SSSR count). The van der Waals surface area contributed by atoms with Gasteiger partial charge in [-0.05, 0) is 19.3 Å². The van der Waals surface area contributed by atoms with Crippen molar-refractivity contribution in [1.29, 1.82) is 0 Å². The predicted octanol–water partition coefficient (Wildman–Crippen LogP) is 1.39. The highest BCUT2D eigenvalue weighted by Gasteiger charge is 2.31. The van der Waals surface area contributed by atoms with Gasteiger partial charge < -0.3 is 10.2 Å². The molecule has 1 aliphatic rings. The maximum Gasteiger partial charge on any atom is 0.274 e. The monoisotopic (exact) mass is 234 g/mol. The van der Waals surface area contributed by atoms with Crippen LogP contribution in [-0.2, 0) is 0 Å². The third kappa shape index (κ3) is 2.38. The molecule has 1 amide bonds. The van der Waals surface area contributed by atoms with E-state index < -0.39 is 0 Å². The average molecular weight is 234 g/mol. The number of carbonyl (C=O) groups is 1. The van der Waals surface area contributed by atoms with Gasteiger partial charge in [-0.2, -0.15) is 0 Å². The number of hydrogen-bond acceptors (Lipinski definition) is 4. The van der Waals surface area contributed by atoms with Gasteiger partial charge in [0.2, 0.25) is 0 Å². The Morgan fingerprint density at radius 3 is 2.82 bits per heavy atom. The van der Waals surface area contributed by atoms with Crippen molar-refractivity contribution >= 4 is 11.7 Å². The summed E-state index contributed by atoms with van der Waals surface area (Å²) in [5.41, 5.74) is 0.415. The second-order valence-electron chi connectivity index (χ2n) is 4.69. The molecular formula is C12H18N4O. The van der Waals surface area contributed by atoms with Gasteiger partial charge in [0.1, 0.15) is 11.5 Å². The van der Waals surface area contributed by atoms with Crippen LogP contribution in [0.25, 0.3) is 0 Å². The number of aromatic nitrogens is 2. The van der Waals surface area contributed by atoms with Crippen molar-refractivity contribution in [1.82, 2.24) is 14.9 Å². The highest BCUT2D eigenvalue weighted by molar-refractivity contribution is 5.92. The first-order chi connectivity index (χ1) is 8.11. The minimum atomic E-state index is -0.0218. The SMILES string of the molecule is CNc1cncc(C(=O)N2CC(C)CC2C)n1. The first-order valence-corrected chi connectivity index (χ1v) is 5.92. The summed E-state index contributed by atoms with van der Waals surface area (Å²) in [6, 6.07) is 0.289. The van der Waals surface area contributed by atoms with Crippen LogP contribution in [0.5, 0.6) is 0 Å². The average Bonchev–Trinajstić information content (AvgIpc) is 2.67. The first-order valence-electron chi connectivity index (χ1n) is 5.92. The quantitative estimate of drug-likeness (QED) is 0.840. The molecule has 5 heteroatoms. The Bertz CT molecular complexity index is 421. The molecule has 0 saturated carbocycles. The summed E-state index contributed by atoms with van der Waals surface area (Å²) in [6.07, 6.45) is 4.19. The molecule has 0 aliphatic carbocycles. The van der Waals surface area contributed by atoms with Crippen molar-refractivity contribution < 1.29 is 4.79 Å². The lowest BCUT2D eigenvalue weighted by Gasteiger charge is -2.20. The van der Waals surface area contributed by atoms with E-state index in [0.717, 1.165) is 13.0 Å². The molecule has 1 saturated heterocycles. The van der Waals surface area contributed by atoms with Crippen LogP contribution in [0.4, 0.5) is 5.82 Å². The number of nitrogens with one attached hydrogen (secondary N) is 1. The van der Waals surface area contributed by atoms with E-state index in [9.17, 15) is 4.79 Å². The van der Waals surface area contributed by atoms with Gasteiger partial charge in [-0.25, -0.2) is 4.98 Å². The number of rotatable bonds is 2. The molecule has 2 atom stereocenters. The van der Waals surface area contributed by atoms with E-state index in [1.807, 2.05) is 4.90 Å². The Balaban J connectivity index is 2.19. The molecule has 2 heterocycles. The maximum absolute atomic E-state index is 12.3. The van der Waals surface area contributed by atoms with Gasteiger partial charge in [-0.15, -0.1) is 0 Å². The van der Waals surface area contributed by atoms with Crippen molar-refractivity contribution in [2.75, 3.05) is 18.9 Å². The Morgan fingerprint density at radius 2 is 2.24 bits per heavy atom. The van der Waals surface area contributed by atoms with Crippen molar-refractivity contribution in [3.8, 4) is 0 Å². The second kappa shape index (κ2) is 4.69. The molecule has 1 aliphatic heterocycles. The highest BCUT2D eigenvalue weighted by atomic mass is 16.2. The fraction of sp³-hybridized carbons (Fsp3) is 0.583. The molecule has 1 aromatic rings. The molecule has 0 radical (unpaired) electrons.